The van der Waals surface area contributed by atoms with Gasteiger partial charge in [0, 0.05) is 19.9 Å². The van der Waals surface area contributed by atoms with E-state index in [1.165, 1.54) is 0 Å². The Bertz CT molecular complexity index is 592. The van der Waals surface area contributed by atoms with Crippen LogP contribution >= 0.6 is 0 Å². The number of methoxy groups -OCH3 is 1. The first-order valence-electron chi connectivity index (χ1n) is 5.86. The maximum Gasteiger partial charge on any atom is 0.224 e. The van der Waals surface area contributed by atoms with Gasteiger partial charge in [0.05, 0.1) is 6.61 Å². The van der Waals surface area contributed by atoms with E-state index < -0.39 is 0 Å². The van der Waals surface area contributed by atoms with Gasteiger partial charge in [-0.15, -0.1) is 0 Å². The van der Waals surface area contributed by atoms with Crippen LogP contribution < -0.4 is 5.32 Å². The third kappa shape index (κ3) is 3.50. The minimum atomic E-state index is 0.350. The van der Waals surface area contributed by atoms with Gasteiger partial charge in [-0.3, -0.25) is 0 Å². The van der Waals surface area contributed by atoms with Gasteiger partial charge >= 0.3 is 0 Å². The van der Waals surface area contributed by atoms with Crippen molar-refractivity contribution in [3.05, 3.63) is 53.3 Å². The molecule has 0 atom stereocenters. The number of nitrogens with one attached hydrogen (secondary N) is 1. The number of rotatable bonds is 5. The fourth-order valence-corrected chi connectivity index (χ4v) is 1.71. The van der Waals surface area contributed by atoms with E-state index in [4.69, 9.17) is 10.00 Å². The summed E-state index contributed by atoms with van der Waals surface area (Å²) in [5.74, 6) is 0.450. The molecule has 5 heteroatoms. The normalized spacial score (nSPS) is 9.89. The molecule has 19 heavy (non-hydrogen) atoms. The number of nitriles is 1. The highest BCUT2D eigenvalue weighted by molar-refractivity contribution is 5.34. The van der Waals surface area contributed by atoms with Crippen molar-refractivity contribution in [2.75, 3.05) is 12.4 Å². The van der Waals surface area contributed by atoms with Gasteiger partial charge < -0.3 is 10.1 Å². The smallest absolute Gasteiger partial charge is 0.224 e. The molecule has 5 nitrogen and oxygen atoms in total. The standard InChI is InChI=1S/C14H14N4O/c1-19-10-12-5-3-2-4-11(12)9-17-14-16-7-6-13(8-15)18-14/h2-7H,9-10H2,1H3,(H,16,17,18). The molecule has 0 bridgehead atoms. The van der Waals surface area contributed by atoms with E-state index in [-0.39, 0.29) is 0 Å². The summed E-state index contributed by atoms with van der Waals surface area (Å²) in [6, 6.07) is 11.6. The molecule has 0 aliphatic carbocycles. The van der Waals surface area contributed by atoms with Gasteiger partial charge in [-0.2, -0.15) is 5.26 Å². The van der Waals surface area contributed by atoms with Gasteiger partial charge in [0.25, 0.3) is 0 Å². The molecule has 1 N–H and O–H groups in total. The molecular weight excluding hydrogens is 240 g/mol. The summed E-state index contributed by atoms with van der Waals surface area (Å²) >= 11 is 0. The molecule has 0 radical (unpaired) electrons. The zero-order chi connectivity index (χ0) is 13.5. The predicted octanol–water partition coefficient (Wildman–Crippen LogP) is 2.11. The fourth-order valence-electron chi connectivity index (χ4n) is 1.71. The van der Waals surface area contributed by atoms with E-state index in [0.717, 1.165) is 11.1 Å². The minimum Gasteiger partial charge on any atom is -0.380 e. The molecule has 0 amide bonds. The second kappa shape index (κ2) is 6.47. The monoisotopic (exact) mass is 254 g/mol. The molecule has 0 aliphatic heterocycles. The highest BCUT2D eigenvalue weighted by atomic mass is 16.5. The van der Waals surface area contributed by atoms with Crippen LogP contribution in [0.25, 0.3) is 0 Å². The van der Waals surface area contributed by atoms with Crippen molar-refractivity contribution in [3.8, 4) is 6.07 Å². The average Bonchev–Trinajstić information content (AvgIpc) is 2.47. The summed E-state index contributed by atoms with van der Waals surface area (Å²) < 4.78 is 5.16. The Morgan fingerprint density at radius 1 is 1.26 bits per heavy atom. The van der Waals surface area contributed by atoms with Gasteiger partial charge in [0.1, 0.15) is 11.8 Å². The Labute approximate surface area is 111 Å². The summed E-state index contributed by atoms with van der Waals surface area (Å²) in [5, 5.41) is 11.9. The van der Waals surface area contributed by atoms with E-state index in [1.54, 1.807) is 19.4 Å². The Hall–Kier alpha value is -2.45. The molecule has 96 valence electrons. The van der Waals surface area contributed by atoms with Gasteiger partial charge in [-0.25, -0.2) is 9.97 Å². The van der Waals surface area contributed by atoms with Gasteiger partial charge in [0.15, 0.2) is 0 Å². The summed E-state index contributed by atoms with van der Waals surface area (Å²) in [6.45, 7) is 1.16. The highest BCUT2D eigenvalue weighted by Gasteiger charge is 2.03. The second-order valence-corrected chi connectivity index (χ2v) is 3.93. The Morgan fingerprint density at radius 3 is 2.79 bits per heavy atom. The van der Waals surface area contributed by atoms with Crippen molar-refractivity contribution >= 4 is 5.95 Å². The van der Waals surface area contributed by atoms with Crippen molar-refractivity contribution in [2.24, 2.45) is 0 Å². The first-order chi connectivity index (χ1) is 9.33. The molecular formula is C14H14N4O. The second-order valence-electron chi connectivity index (χ2n) is 3.93. The van der Waals surface area contributed by atoms with Crippen LogP contribution in [0, 0.1) is 11.3 Å². The number of hydrogen-bond donors (Lipinski definition) is 1. The van der Waals surface area contributed by atoms with Crippen molar-refractivity contribution in [1.82, 2.24) is 9.97 Å². The van der Waals surface area contributed by atoms with Crippen LogP contribution in [0.2, 0.25) is 0 Å². The van der Waals surface area contributed by atoms with Crippen LogP contribution in [0.1, 0.15) is 16.8 Å². The number of aromatic nitrogens is 2. The van der Waals surface area contributed by atoms with Crippen molar-refractivity contribution in [1.29, 1.82) is 5.26 Å². The van der Waals surface area contributed by atoms with Gasteiger partial charge in [-0.05, 0) is 17.2 Å². The molecule has 0 saturated heterocycles. The summed E-state index contributed by atoms with van der Waals surface area (Å²) in [6.07, 6.45) is 1.56. The molecule has 1 heterocycles. The SMILES string of the molecule is COCc1ccccc1CNc1nccc(C#N)n1. The molecule has 1 aromatic carbocycles. The molecule has 2 aromatic rings. The quantitative estimate of drug-likeness (QED) is 0.884. The largest absolute Gasteiger partial charge is 0.380 e. The summed E-state index contributed by atoms with van der Waals surface area (Å²) in [5.41, 5.74) is 2.59. The first kappa shape index (κ1) is 13.0. The molecule has 0 aliphatic rings. The van der Waals surface area contributed by atoms with Gasteiger partial charge in [-0.1, -0.05) is 24.3 Å². The molecule has 2 rings (SSSR count). The third-order valence-electron chi connectivity index (χ3n) is 2.63. The molecule has 0 fully saturated rings. The van der Waals surface area contributed by atoms with Crippen LogP contribution in [-0.4, -0.2) is 17.1 Å². The molecule has 0 saturated carbocycles. The van der Waals surface area contributed by atoms with E-state index in [2.05, 4.69) is 15.3 Å². The zero-order valence-electron chi connectivity index (χ0n) is 10.6. The Morgan fingerprint density at radius 2 is 2.05 bits per heavy atom. The first-order valence-corrected chi connectivity index (χ1v) is 5.86. The van der Waals surface area contributed by atoms with Crippen molar-refractivity contribution in [3.63, 3.8) is 0 Å². The lowest BCUT2D eigenvalue weighted by Crippen LogP contribution is -2.06. The van der Waals surface area contributed by atoms with Crippen molar-refractivity contribution < 1.29 is 4.74 Å². The van der Waals surface area contributed by atoms with Crippen molar-refractivity contribution in [2.45, 2.75) is 13.2 Å². The number of nitrogens with zero attached hydrogens (tertiary/aromatic N) is 3. The average molecular weight is 254 g/mol. The zero-order valence-corrected chi connectivity index (χ0v) is 10.6. The van der Waals surface area contributed by atoms with Crippen LogP contribution in [0.5, 0.6) is 0 Å². The molecule has 0 spiro atoms. The van der Waals surface area contributed by atoms with Crippen LogP contribution in [-0.2, 0) is 17.9 Å². The number of ether oxygens (including phenoxy) is 1. The summed E-state index contributed by atoms with van der Waals surface area (Å²) in [7, 11) is 1.67. The topological polar surface area (TPSA) is 70.8 Å². The lowest BCUT2D eigenvalue weighted by atomic mass is 10.1. The summed E-state index contributed by atoms with van der Waals surface area (Å²) in [4.78, 5) is 8.14. The van der Waals surface area contributed by atoms with E-state index in [9.17, 15) is 0 Å². The Kier molecular flexibility index (Phi) is 4.43. The highest BCUT2D eigenvalue weighted by Crippen LogP contribution is 2.11. The van der Waals surface area contributed by atoms with Crippen LogP contribution in [0.3, 0.4) is 0 Å². The third-order valence-corrected chi connectivity index (χ3v) is 2.63. The van der Waals surface area contributed by atoms with Gasteiger partial charge in [0.2, 0.25) is 5.95 Å². The number of benzene rings is 1. The molecule has 1 aromatic heterocycles. The lowest BCUT2D eigenvalue weighted by Gasteiger charge is -2.09. The Balaban J connectivity index is 2.08. The number of hydrogen-bond acceptors (Lipinski definition) is 5. The fraction of sp³-hybridized carbons (Fsp3) is 0.214. The van der Waals surface area contributed by atoms with Crippen LogP contribution in [0.4, 0.5) is 5.95 Å². The minimum absolute atomic E-state index is 0.350. The lowest BCUT2D eigenvalue weighted by molar-refractivity contribution is 0.184. The van der Waals surface area contributed by atoms with E-state index >= 15 is 0 Å². The maximum atomic E-state index is 8.78. The number of anilines is 1. The van der Waals surface area contributed by atoms with E-state index in [1.807, 2.05) is 30.3 Å². The molecule has 0 unspecified atom stereocenters. The van der Waals surface area contributed by atoms with Crippen LogP contribution in [0.15, 0.2) is 36.5 Å². The van der Waals surface area contributed by atoms with E-state index in [0.29, 0.717) is 24.8 Å². The predicted molar refractivity (Wildman–Crippen MR) is 71.2 cm³/mol. The maximum absolute atomic E-state index is 8.78.